The Hall–Kier alpha value is -0.180. The standard InChI is InChI=1S/C11H20N2S/c1-8-5-12-11(14-7-8)13-6-9(2)10-3-4-10/h8-10H,3-7H2,1-2H3,(H,12,13). The molecule has 1 aliphatic heterocycles. The maximum absolute atomic E-state index is 4.53. The van der Waals surface area contributed by atoms with Gasteiger partial charge in [0, 0.05) is 18.8 Å². The molecule has 0 aromatic heterocycles. The van der Waals surface area contributed by atoms with E-state index in [1.807, 2.05) is 11.8 Å². The van der Waals surface area contributed by atoms with Crippen molar-refractivity contribution in [3.05, 3.63) is 0 Å². The van der Waals surface area contributed by atoms with Gasteiger partial charge < -0.3 is 5.32 Å². The molecule has 1 aliphatic carbocycles. The zero-order valence-electron chi connectivity index (χ0n) is 9.12. The Morgan fingerprint density at radius 2 is 2.36 bits per heavy atom. The normalized spacial score (nSPS) is 29.6. The third-order valence-electron chi connectivity index (χ3n) is 3.05. The molecule has 1 saturated carbocycles. The minimum Gasteiger partial charge on any atom is -0.365 e. The summed E-state index contributed by atoms with van der Waals surface area (Å²) in [6.45, 7) is 6.74. The van der Waals surface area contributed by atoms with Crippen LogP contribution in [0.5, 0.6) is 0 Å². The summed E-state index contributed by atoms with van der Waals surface area (Å²) in [6.07, 6.45) is 2.89. The van der Waals surface area contributed by atoms with E-state index in [0.29, 0.717) is 0 Å². The van der Waals surface area contributed by atoms with Crippen molar-refractivity contribution in [1.29, 1.82) is 0 Å². The van der Waals surface area contributed by atoms with Crippen LogP contribution in [-0.4, -0.2) is 24.0 Å². The van der Waals surface area contributed by atoms with E-state index in [9.17, 15) is 0 Å². The fourth-order valence-electron chi connectivity index (χ4n) is 1.75. The monoisotopic (exact) mass is 212 g/mol. The van der Waals surface area contributed by atoms with Gasteiger partial charge in [-0.1, -0.05) is 25.6 Å². The lowest BCUT2D eigenvalue weighted by Gasteiger charge is -2.19. The molecule has 0 aromatic rings. The van der Waals surface area contributed by atoms with E-state index in [1.54, 1.807) is 0 Å². The fraction of sp³-hybridized carbons (Fsp3) is 0.909. The Morgan fingerprint density at radius 3 is 2.93 bits per heavy atom. The molecule has 2 atom stereocenters. The number of nitrogens with zero attached hydrogens (tertiary/aromatic N) is 1. The van der Waals surface area contributed by atoms with E-state index < -0.39 is 0 Å². The first-order valence-electron chi connectivity index (χ1n) is 5.67. The van der Waals surface area contributed by atoms with Gasteiger partial charge in [-0.05, 0) is 30.6 Å². The molecule has 14 heavy (non-hydrogen) atoms. The summed E-state index contributed by atoms with van der Waals surface area (Å²) in [7, 11) is 0. The minimum absolute atomic E-state index is 0.756. The molecule has 1 N–H and O–H groups in total. The van der Waals surface area contributed by atoms with Crippen LogP contribution in [0.1, 0.15) is 26.7 Å². The van der Waals surface area contributed by atoms with Crippen molar-refractivity contribution in [2.75, 3.05) is 18.8 Å². The van der Waals surface area contributed by atoms with Crippen LogP contribution in [0.25, 0.3) is 0 Å². The van der Waals surface area contributed by atoms with E-state index in [2.05, 4.69) is 24.2 Å². The molecule has 2 aliphatic rings. The molecule has 2 rings (SSSR count). The van der Waals surface area contributed by atoms with Gasteiger partial charge in [-0.2, -0.15) is 0 Å². The molecule has 0 amide bonds. The van der Waals surface area contributed by atoms with E-state index in [4.69, 9.17) is 0 Å². The van der Waals surface area contributed by atoms with Gasteiger partial charge in [0.1, 0.15) is 0 Å². The average Bonchev–Trinajstić information content (AvgIpc) is 3.00. The second-order valence-corrected chi connectivity index (χ2v) is 5.77. The predicted molar refractivity (Wildman–Crippen MR) is 63.8 cm³/mol. The van der Waals surface area contributed by atoms with E-state index in [0.717, 1.165) is 30.8 Å². The first kappa shape index (κ1) is 10.3. The summed E-state index contributed by atoms with van der Waals surface area (Å²) in [5, 5.41) is 4.65. The molecule has 0 aromatic carbocycles. The van der Waals surface area contributed by atoms with Gasteiger partial charge in [0.25, 0.3) is 0 Å². The van der Waals surface area contributed by atoms with Crippen molar-refractivity contribution in [1.82, 2.24) is 5.32 Å². The Bertz CT molecular complexity index is 223. The zero-order chi connectivity index (χ0) is 9.97. The van der Waals surface area contributed by atoms with Crippen LogP contribution in [0.4, 0.5) is 0 Å². The van der Waals surface area contributed by atoms with Crippen molar-refractivity contribution in [2.24, 2.45) is 22.7 Å². The summed E-state index contributed by atoms with van der Waals surface area (Å²) in [5.74, 6) is 3.81. The van der Waals surface area contributed by atoms with Crippen LogP contribution in [0.15, 0.2) is 4.99 Å². The van der Waals surface area contributed by atoms with Gasteiger partial charge in [-0.25, -0.2) is 0 Å². The molecule has 2 unspecified atom stereocenters. The second kappa shape index (κ2) is 4.56. The predicted octanol–water partition coefficient (Wildman–Crippen LogP) is 2.36. The number of aliphatic imine (C=N–C) groups is 1. The largest absolute Gasteiger partial charge is 0.365 e. The van der Waals surface area contributed by atoms with Crippen molar-refractivity contribution in [3.63, 3.8) is 0 Å². The highest BCUT2D eigenvalue weighted by molar-refractivity contribution is 8.13. The lowest BCUT2D eigenvalue weighted by atomic mass is 10.1. The van der Waals surface area contributed by atoms with Crippen LogP contribution in [0.2, 0.25) is 0 Å². The number of thioether (sulfide) groups is 1. The summed E-state index contributed by atoms with van der Waals surface area (Å²) < 4.78 is 0. The molecule has 80 valence electrons. The molecule has 0 bridgehead atoms. The molecule has 2 nitrogen and oxygen atoms in total. The molecule has 0 radical (unpaired) electrons. The third-order valence-corrected chi connectivity index (χ3v) is 4.34. The zero-order valence-corrected chi connectivity index (χ0v) is 9.94. The lowest BCUT2D eigenvalue weighted by molar-refractivity contribution is 0.500. The Labute approximate surface area is 90.9 Å². The summed E-state index contributed by atoms with van der Waals surface area (Å²) >= 11 is 1.88. The van der Waals surface area contributed by atoms with Crippen molar-refractivity contribution in [3.8, 4) is 0 Å². The maximum Gasteiger partial charge on any atom is 0.156 e. The number of rotatable bonds is 3. The molecular weight excluding hydrogens is 192 g/mol. The average molecular weight is 212 g/mol. The SMILES string of the molecule is CC1CN=C(NCC(C)C2CC2)SC1. The summed E-state index contributed by atoms with van der Waals surface area (Å²) in [6, 6.07) is 0. The highest BCUT2D eigenvalue weighted by Crippen LogP contribution is 2.36. The number of hydrogen-bond donors (Lipinski definition) is 1. The van der Waals surface area contributed by atoms with Gasteiger partial charge >= 0.3 is 0 Å². The maximum atomic E-state index is 4.53. The van der Waals surface area contributed by atoms with Crippen LogP contribution in [-0.2, 0) is 0 Å². The van der Waals surface area contributed by atoms with E-state index in [-0.39, 0.29) is 0 Å². The summed E-state index contributed by atoms with van der Waals surface area (Å²) in [5.41, 5.74) is 0. The van der Waals surface area contributed by atoms with Crippen LogP contribution >= 0.6 is 11.8 Å². The fourth-order valence-corrected chi connectivity index (χ4v) is 2.64. The molecule has 0 saturated heterocycles. The van der Waals surface area contributed by atoms with Gasteiger partial charge in [-0.3, -0.25) is 4.99 Å². The van der Waals surface area contributed by atoms with Crippen LogP contribution < -0.4 is 5.32 Å². The molecule has 3 heteroatoms. The van der Waals surface area contributed by atoms with Gasteiger partial charge in [0.15, 0.2) is 5.17 Å². The van der Waals surface area contributed by atoms with E-state index >= 15 is 0 Å². The Balaban J connectivity index is 1.69. The smallest absolute Gasteiger partial charge is 0.156 e. The van der Waals surface area contributed by atoms with Gasteiger partial charge in [-0.15, -0.1) is 0 Å². The van der Waals surface area contributed by atoms with Gasteiger partial charge in [0.2, 0.25) is 0 Å². The van der Waals surface area contributed by atoms with Crippen LogP contribution in [0, 0.1) is 17.8 Å². The van der Waals surface area contributed by atoms with Gasteiger partial charge in [0.05, 0.1) is 0 Å². The lowest BCUT2D eigenvalue weighted by Crippen LogP contribution is -2.30. The highest BCUT2D eigenvalue weighted by Gasteiger charge is 2.27. The highest BCUT2D eigenvalue weighted by atomic mass is 32.2. The second-order valence-electron chi connectivity index (χ2n) is 4.76. The quantitative estimate of drug-likeness (QED) is 0.776. The molecular formula is C11H20N2S. The third kappa shape index (κ3) is 2.91. The number of hydrogen-bond acceptors (Lipinski definition) is 3. The number of nitrogens with one attached hydrogen (secondary N) is 1. The van der Waals surface area contributed by atoms with Crippen molar-refractivity contribution >= 4 is 16.9 Å². The van der Waals surface area contributed by atoms with Crippen molar-refractivity contribution < 1.29 is 0 Å². The van der Waals surface area contributed by atoms with Crippen LogP contribution in [0.3, 0.4) is 0 Å². The van der Waals surface area contributed by atoms with Crippen molar-refractivity contribution in [2.45, 2.75) is 26.7 Å². The number of amidine groups is 1. The first-order valence-corrected chi connectivity index (χ1v) is 6.65. The minimum atomic E-state index is 0.756. The summed E-state index contributed by atoms with van der Waals surface area (Å²) in [4.78, 5) is 4.53. The molecule has 0 spiro atoms. The molecule has 1 fully saturated rings. The first-order chi connectivity index (χ1) is 6.75. The topological polar surface area (TPSA) is 24.4 Å². The molecule has 1 heterocycles. The Kier molecular flexibility index (Phi) is 3.37. The Morgan fingerprint density at radius 1 is 1.57 bits per heavy atom. The van der Waals surface area contributed by atoms with E-state index in [1.165, 1.54) is 23.8 Å².